The average molecular weight is 195 g/mol. The summed E-state index contributed by atoms with van der Waals surface area (Å²) in [5, 5.41) is 0. The van der Waals surface area contributed by atoms with Gasteiger partial charge < -0.3 is 0 Å². The van der Waals surface area contributed by atoms with Gasteiger partial charge in [-0.15, -0.1) is 0 Å². The number of hydrogen-bond donors (Lipinski definition) is 0. The van der Waals surface area contributed by atoms with Gasteiger partial charge in [0.05, 0.1) is 6.04 Å². The van der Waals surface area contributed by atoms with Crippen molar-refractivity contribution in [2.75, 3.05) is 6.54 Å². The average Bonchev–Trinajstić information content (AvgIpc) is 2.70. The maximum Gasteiger partial charge on any atom is 0.149 e. The maximum atomic E-state index is 11.7. The van der Waals surface area contributed by atoms with E-state index in [0.717, 1.165) is 25.8 Å². The van der Waals surface area contributed by atoms with E-state index in [0.29, 0.717) is 17.7 Å². The highest BCUT2D eigenvalue weighted by Crippen LogP contribution is 2.31. The summed E-state index contributed by atoms with van der Waals surface area (Å²) in [7, 11) is 0. The molecule has 2 heteroatoms. The maximum absolute atomic E-state index is 11.7. The van der Waals surface area contributed by atoms with Crippen LogP contribution in [0.1, 0.15) is 46.0 Å². The molecular weight excluding hydrogens is 174 g/mol. The highest BCUT2D eigenvalue weighted by Gasteiger charge is 2.37. The van der Waals surface area contributed by atoms with Crippen LogP contribution in [0, 0.1) is 5.92 Å². The molecule has 2 rings (SSSR count). The molecule has 2 aliphatic rings. The van der Waals surface area contributed by atoms with Crippen molar-refractivity contribution in [3.63, 3.8) is 0 Å². The summed E-state index contributed by atoms with van der Waals surface area (Å²) in [4.78, 5) is 14.2. The fourth-order valence-corrected chi connectivity index (χ4v) is 3.07. The van der Waals surface area contributed by atoms with Gasteiger partial charge in [-0.25, -0.2) is 0 Å². The molecule has 2 fully saturated rings. The highest BCUT2D eigenvalue weighted by atomic mass is 16.1. The Balaban J connectivity index is 2.05. The second-order valence-electron chi connectivity index (χ2n) is 5.07. The molecule has 2 nitrogen and oxygen atoms in total. The zero-order valence-electron chi connectivity index (χ0n) is 9.33. The smallest absolute Gasteiger partial charge is 0.149 e. The van der Waals surface area contributed by atoms with Crippen LogP contribution in [-0.4, -0.2) is 29.3 Å². The molecule has 14 heavy (non-hydrogen) atoms. The van der Waals surface area contributed by atoms with Crippen LogP contribution in [0.3, 0.4) is 0 Å². The van der Waals surface area contributed by atoms with Gasteiger partial charge in [-0.2, -0.15) is 0 Å². The standard InChI is InChI=1S/C12H21NO/c1-9(2)10-6-4-8-13(10)11-5-3-7-12(11)14/h9-11H,3-8H2,1-2H3. The Kier molecular flexibility index (Phi) is 2.91. The quantitative estimate of drug-likeness (QED) is 0.673. The molecule has 0 aromatic heterocycles. The molecule has 1 saturated carbocycles. The van der Waals surface area contributed by atoms with Crippen LogP contribution in [0.15, 0.2) is 0 Å². The van der Waals surface area contributed by atoms with Crippen molar-refractivity contribution < 1.29 is 4.79 Å². The summed E-state index contributed by atoms with van der Waals surface area (Å²) in [5.41, 5.74) is 0. The van der Waals surface area contributed by atoms with Gasteiger partial charge in [0.2, 0.25) is 0 Å². The third kappa shape index (κ3) is 1.72. The molecule has 0 amide bonds. The Morgan fingerprint density at radius 1 is 1.29 bits per heavy atom. The molecule has 2 atom stereocenters. The van der Waals surface area contributed by atoms with E-state index in [4.69, 9.17) is 0 Å². The Morgan fingerprint density at radius 3 is 2.64 bits per heavy atom. The number of nitrogens with zero attached hydrogens (tertiary/aromatic N) is 1. The molecule has 0 N–H and O–H groups in total. The van der Waals surface area contributed by atoms with Gasteiger partial charge >= 0.3 is 0 Å². The Labute approximate surface area is 86.7 Å². The van der Waals surface area contributed by atoms with E-state index in [1.807, 2.05) is 0 Å². The first kappa shape index (κ1) is 10.2. The largest absolute Gasteiger partial charge is 0.298 e. The highest BCUT2D eigenvalue weighted by molar-refractivity contribution is 5.86. The monoisotopic (exact) mass is 195 g/mol. The first-order chi connectivity index (χ1) is 6.70. The molecule has 1 aliphatic carbocycles. The van der Waals surface area contributed by atoms with Crippen LogP contribution in [0.25, 0.3) is 0 Å². The molecule has 1 saturated heterocycles. The molecule has 1 aliphatic heterocycles. The normalized spacial score (nSPS) is 34.6. The van der Waals surface area contributed by atoms with E-state index in [9.17, 15) is 4.79 Å². The number of likely N-dealkylation sites (tertiary alicyclic amines) is 1. The molecule has 0 aromatic carbocycles. The lowest BCUT2D eigenvalue weighted by atomic mass is 10.0. The van der Waals surface area contributed by atoms with Gasteiger partial charge in [0, 0.05) is 12.5 Å². The van der Waals surface area contributed by atoms with Crippen LogP contribution < -0.4 is 0 Å². The minimum atomic E-state index is 0.282. The van der Waals surface area contributed by atoms with Crippen molar-refractivity contribution in [3.8, 4) is 0 Å². The van der Waals surface area contributed by atoms with Crippen molar-refractivity contribution in [2.45, 2.75) is 58.0 Å². The van der Waals surface area contributed by atoms with Gasteiger partial charge in [0.25, 0.3) is 0 Å². The van der Waals surface area contributed by atoms with Crippen molar-refractivity contribution in [1.29, 1.82) is 0 Å². The molecule has 0 bridgehead atoms. The van der Waals surface area contributed by atoms with Crippen LogP contribution in [0.4, 0.5) is 0 Å². The second kappa shape index (κ2) is 4.01. The second-order valence-corrected chi connectivity index (χ2v) is 5.07. The van der Waals surface area contributed by atoms with E-state index in [1.54, 1.807) is 0 Å². The molecule has 2 unspecified atom stereocenters. The Morgan fingerprint density at radius 2 is 2.07 bits per heavy atom. The van der Waals surface area contributed by atoms with Gasteiger partial charge in [0.15, 0.2) is 0 Å². The predicted molar refractivity (Wildman–Crippen MR) is 57.2 cm³/mol. The molecular formula is C12H21NO. The first-order valence-corrected chi connectivity index (χ1v) is 5.98. The van der Waals surface area contributed by atoms with Crippen LogP contribution in [0.5, 0.6) is 0 Å². The lowest BCUT2D eigenvalue weighted by Gasteiger charge is -2.31. The third-order valence-electron chi connectivity index (χ3n) is 3.78. The van der Waals surface area contributed by atoms with E-state index >= 15 is 0 Å². The van der Waals surface area contributed by atoms with Crippen LogP contribution in [-0.2, 0) is 4.79 Å². The zero-order valence-corrected chi connectivity index (χ0v) is 9.33. The number of hydrogen-bond acceptors (Lipinski definition) is 2. The molecule has 1 heterocycles. The zero-order chi connectivity index (χ0) is 10.1. The topological polar surface area (TPSA) is 20.3 Å². The van der Waals surface area contributed by atoms with E-state index in [2.05, 4.69) is 18.7 Å². The van der Waals surface area contributed by atoms with Gasteiger partial charge in [0.1, 0.15) is 5.78 Å². The fourth-order valence-electron chi connectivity index (χ4n) is 3.07. The molecule has 80 valence electrons. The summed E-state index contributed by atoms with van der Waals surface area (Å²) in [6, 6.07) is 0.951. The summed E-state index contributed by atoms with van der Waals surface area (Å²) in [6.45, 7) is 5.71. The number of carbonyl (C=O) groups excluding carboxylic acids is 1. The first-order valence-electron chi connectivity index (χ1n) is 5.98. The number of rotatable bonds is 2. The van der Waals surface area contributed by atoms with Crippen LogP contribution >= 0.6 is 0 Å². The third-order valence-corrected chi connectivity index (χ3v) is 3.78. The van der Waals surface area contributed by atoms with E-state index in [-0.39, 0.29) is 6.04 Å². The minimum Gasteiger partial charge on any atom is -0.298 e. The minimum absolute atomic E-state index is 0.282. The predicted octanol–water partition coefficient (Wildman–Crippen LogP) is 2.23. The lowest BCUT2D eigenvalue weighted by Crippen LogP contribution is -2.43. The SMILES string of the molecule is CC(C)C1CCCN1C1CCCC1=O. The van der Waals surface area contributed by atoms with E-state index < -0.39 is 0 Å². The van der Waals surface area contributed by atoms with Gasteiger partial charge in [-0.1, -0.05) is 13.8 Å². The summed E-state index contributed by atoms with van der Waals surface area (Å²) in [6.07, 6.45) is 5.63. The molecule has 0 radical (unpaired) electrons. The summed E-state index contributed by atoms with van der Waals surface area (Å²) in [5.74, 6) is 1.20. The van der Waals surface area contributed by atoms with Crippen molar-refractivity contribution in [3.05, 3.63) is 0 Å². The van der Waals surface area contributed by atoms with Crippen molar-refractivity contribution >= 4 is 5.78 Å². The Bertz CT molecular complexity index is 224. The Hall–Kier alpha value is -0.370. The van der Waals surface area contributed by atoms with Gasteiger partial charge in [-0.05, 0) is 38.1 Å². The van der Waals surface area contributed by atoms with E-state index in [1.165, 1.54) is 12.8 Å². The lowest BCUT2D eigenvalue weighted by molar-refractivity contribution is -0.122. The number of ketones is 1. The van der Waals surface area contributed by atoms with Crippen molar-refractivity contribution in [2.24, 2.45) is 5.92 Å². The van der Waals surface area contributed by atoms with Gasteiger partial charge in [-0.3, -0.25) is 9.69 Å². The number of carbonyl (C=O) groups is 1. The van der Waals surface area contributed by atoms with Crippen molar-refractivity contribution in [1.82, 2.24) is 4.90 Å². The molecule has 0 spiro atoms. The fraction of sp³-hybridized carbons (Fsp3) is 0.917. The summed E-state index contributed by atoms with van der Waals surface area (Å²) >= 11 is 0. The molecule has 0 aromatic rings. The number of Topliss-reactive ketones (excluding diaryl/α,β-unsaturated/α-hetero) is 1. The van der Waals surface area contributed by atoms with Crippen LogP contribution in [0.2, 0.25) is 0 Å². The summed E-state index contributed by atoms with van der Waals surface area (Å²) < 4.78 is 0.